The number of rotatable bonds is 8. The third-order valence-electron chi connectivity index (χ3n) is 3.92. The maximum Gasteiger partial charge on any atom is 0.240 e. The van der Waals surface area contributed by atoms with Gasteiger partial charge in [0.25, 0.3) is 0 Å². The van der Waals surface area contributed by atoms with Crippen LogP contribution in [0.3, 0.4) is 0 Å². The summed E-state index contributed by atoms with van der Waals surface area (Å²) >= 11 is 3.39. The predicted octanol–water partition coefficient (Wildman–Crippen LogP) is 3.27. The van der Waals surface area contributed by atoms with E-state index in [0.717, 1.165) is 33.4 Å². The van der Waals surface area contributed by atoms with Gasteiger partial charge < -0.3 is 5.32 Å². The van der Waals surface area contributed by atoms with Crippen LogP contribution in [-0.4, -0.2) is 33.7 Å². The first-order chi connectivity index (χ1) is 12.3. The molecule has 0 saturated heterocycles. The van der Waals surface area contributed by atoms with E-state index in [1.54, 1.807) is 18.2 Å². The summed E-state index contributed by atoms with van der Waals surface area (Å²) in [5, 5.41) is 2.80. The summed E-state index contributed by atoms with van der Waals surface area (Å²) in [5.41, 5.74) is 2.59. The number of aryl methyl sites for hydroxylation is 2. The van der Waals surface area contributed by atoms with E-state index in [1.807, 2.05) is 37.3 Å². The molecule has 0 spiro atoms. The van der Waals surface area contributed by atoms with Gasteiger partial charge in [-0.2, -0.15) is 0 Å². The number of anilines is 1. The maximum atomic E-state index is 12.2. The summed E-state index contributed by atoms with van der Waals surface area (Å²) in [5.74, 6) is -0.316. The number of nitrogens with one attached hydrogen (secondary N) is 1. The molecule has 0 bridgehead atoms. The van der Waals surface area contributed by atoms with Crippen LogP contribution in [0.15, 0.2) is 53.0 Å². The largest absolute Gasteiger partial charge is 0.355 e. The molecule has 26 heavy (non-hydrogen) atoms. The lowest BCUT2D eigenvalue weighted by Gasteiger charge is -2.22. The highest BCUT2D eigenvalue weighted by molar-refractivity contribution is 9.10. The zero-order valence-electron chi connectivity index (χ0n) is 14.9. The van der Waals surface area contributed by atoms with E-state index < -0.39 is 10.0 Å². The Hall–Kier alpha value is -1.86. The van der Waals surface area contributed by atoms with Crippen molar-refractivity contribution in [1.29, 1.82) is 0 Å². The molecule has 0 aliphatic rings. The molecule has 7 heteroatoms. The SMILES string of the molecule is Cc1cc(N(CC(=O)NCCCc2ccccc2)S(C)(=O)=O)ccc1Br. The van der Waals surface area contributed by atoms with E-state index in [2.05, 4.69) is 21.2 Å². The summed E-state index contributed by atoms with van der Waals surface area (Å²) in [6, 6.07) is 15.2. The average molecular weight is 439 g/mol. The third kappa shape index (κ3) is 6.14. The lowest BCUT2D eigenvalue weighted by Crippen LogP contribution is -2.40. The Labute approximate surface area is 163 Å². The fourth-order valence-electron chi connectivity index (χ4n) is 2.54. The Morgan fingerprint density at radius 2 is 1.85 bits per heavy atom. The highest BCUT2D eigenvalue weighted by atomic mass is 79.9. The summed E-state index contributed by atoms with van der Waals surface area (Å²) in [4.78, 5) is 12.2. The maximum absolute atomic E-state index is 12.2. The van der Waals surface area contributed by atoms with Crippen molar-refractivity contribution >= 4 is 37.5 Å². The predicted molar refractivity (Wildman–Crippen MR) is 109 cm³/mol. The van der Waals surface area contributed by atoms with Gasteiger partial charge in [-0.3, -0.25) is 9.10 Å². The van der Waals surface area contributed by atoms with E-state index in [-0.39, 0.29) is 12.5 Å². The average Bonchev–Trinajstić information content (AvgIpc) is 2.59. The molecule has 1 N–H and O–H groups in total. The highest BCUT2D eigenvalue weighted by Gasteiger charge is 2.21. The van der Waals surface area contributed by atoms with Gasteiger partial charge in [-0.15, -0.1) is 0 Å². The van der Waals surface area contributed by atoms with Crippen molar-refractivity contribution in [2.45, 2.75) is 19.8 Å². The van der Waals surface area contributed by atoms with Gasteiger partial charge in [-0.05, 0) is 49.1 Å². The van der Waals surface area contributed by atoms with Crippen LogP contribution in [0.4, 0.5) is 5.69 Å². The Kier molecular flexibility index (Phi) is 7.23. The fourth-order valence-corrected chi connectivity index (χ4v) is 3.63. The van der Waals surface area contributed by atoms with Crippen LogP contribution in [0.2, 0.25) is 0 Å². The van der Waals surface area contributed by atoms with Gasteiger partial charge in [-0.1, -0.05) is 46.3 Å². The molecule has 2 rings (SSSR count). The molecule has 0 aliphatic carbocycles. The molecule has 0 radical (unpaired) electrons. The monoisotopic (exact) mass is 438 g/mol. The number of halogens is 1. The molecule has 0 fully saturated rings. The first kappa shape index (κ1) is 20.5. The summed E-state index contributed by atoms with van der Waals surface area (Å²) in [6.07, 6.45) is 2.77. The zero-order valence-corrected chi connectivity index (χ0v) is 17.3. The second-order valence-corrected chi connectivity index (χ2v) is 8.90. The lowest BCUT2D eigenvalue weighted by atomic mass is 10.1. The molecule has 0 aliphatic heterocycles. The van der Waals surface area contributed by atoms with Crippen LogP contribution in [-0.2, 0) is 21.2 Å². The second-order valence-electron chi connectivity index (χ2n) is 6.14. The molecule has 0 aromatic heterocycles. The van der Waals surface area contributed by atoms with Crippen molar-refractivity contribution in [2.24, 2.45) is 0 Å². The number of sulfonamides is 1. The number of carbonyl (C=O) groups excluding carboxylic acids is 1. The van der Waals surface area contributed by atoms with E-state index >= 15 is 0 Å². The molecular weight excluding hydrogens is 416 g/mol. The Bertz CT molecular complexity index is 854. The number of hydrogen-bond donors (Lipinski definition) is 1. The lowest BCUT2D eigenvalue weighted by molar-refractivity contribution is -0.119. The van der Waals surface area contributed by atoms with Crippen LogP contribution in [0.1, 0.15) is 17.5 Å². The minimum atomic E-state index is -3.56. The number of benzene rings is 2. The quantitative estimate of drug-likeness (QED) is 0.643. The van der Waals surface area contributed by atoms with Crippen molar-refractivity contribution in [3.8, 4) is 0 Å². The summed E-state index contributed by atoms with van der Waals surface area (Å²) in [7, 11) is -3.56. The van der Waals surface area contributed by atoms with E-state index in [0.29, 0.717) is 12.2 Å². The summed E-state index contributed by atoms with van der Waals surface area (Å²) < 4.78 is 26.2. The number of nitrogens with zero attached hydrogens (tertiary/aromatic N) is 1. The van der Waals surface area contributed by atoms with Gasteiger partial charge in [0, 0.05) is 11.0 Å². The van der Waals surface area contributed by atoms with Crippen LogP contribution in [0.25, 0.3) is 0 Å². The molecule has 0 atom stereocenters. The van der Waals surface area contributed by atoms with Crippen LogP contribution in [0, 0.1) is 6.92 Å². The van der Waals surface area contributed by atoms with Crippen LogP contribution in [0.5, 0.6) is 0 Å². The second kappa shape index (κ2) is 9.19. The topological polar surface area (TPSA) is 66.5 Å². The van der Waals surface area contributed by atoms with E-state index in [1.165, 1.54) is 5.56 Å². The molecule has 5 nitrogen and oxygen atoms in total. The number of amides is 1. The Morgan fingerprint density at radius 3 is 2.46 bits per heavy atom. The van der Waals surface area contributed by atoms with Crippen LogP contribution < -0.4 is 9.62 Å². The Balaban J connectivity index is 1.93. The molecule has 0 heterocycles. The standard InChI is InChI=1S/C19H23BrN2O3S/c1-15-13-17(10-11-18(15)20)22(26(2,24)25)14-19(23)21-12-6-9-16-7-4-3-5-8-16/h3-5,7-8,10-11,13H,6,9,12,14H2,1-2H3,(H,21,23). The van der Waals surface area contributed by atoms with Gasteiger partial charge in [0.1, 0.15) is 6.54 Å². The molecule has 1 amide bonds. The van der Waals surface area contributed by atoms with E-state index in [4.69, 9.17) is 0 Å². The van der Waals surface area contributed by atoms with Gasteiger partial charge >= 0.3 is 0 Å². The minimum Gasteiger partial charge on any atom is -0.355 e. The highest BCUT2D eigenvalue weighted by Crippen LogP contribution is 2.24. The molecular formula is C19H23BrN2O3S. The molecule has 0 unspecified atom stereocenters. The number of hydrogen-bond acceptors (Lipinski definition) is 3. The smallest absolute Gasteiger partial charge is 0.240 e. The normalized spacial score (nSPS) is 11.2. The van der Waals surface area contributed by atoms with Crippen LogP contribution >= 0.6 is 15.9 Å². The Morgan fingerprint density at radius 1 is 1.15 bits per heavy atom. The molecule has 2 aromatic rings. The van der Waals surface area contributed by atoms with Crippen molar-refractivity contribution in [3.63, 3.8) is 0 Å². The van der Waals surface area contributed by atoms with Gasteiger partial charge in [0.2, 0.25) is 15.9 Å². The molecule has 140 valence electrons. The summed E-state index contributed by atoms with van der Waals surface area (Å²) in [6.45, 7) is 2.15. The van der Waals surface area contributed by atoms with Gasteiger partial charge in [0.15, 0.2) is 0 Å². The fraction of sp³-hybridized carbons (Fsp3) is 0.316. The molecule has 0 saturated carbocycles. The van der Waals surface area contributed by atoms with Crippen molar-refractivity contribution in [3.05, 3.63) is 64.1 Å². The van der Waals surface area contributed by atoms with Gasteiger partial charge in [-0.25, -0.2) is 8.42 Å². The van der Waals surface area contributed by atoms with E-state index in [9.17, 15) is 13.2 Å². The van der Waals surface area contributed by atoms with Gasteiger partial charge in [0.05, 0.1) is 11.9 Å². The number of carbonyl (C=O) groups is 1. The van der Waals surface area contributed by atoms with Crippen molar-refractivity contribution in [1.82, 2.24) is 5.32 Å². The first-order valence-corrected chi connectivity index (χ1v) is 11.0. The molecule has 2 aromatic carbocycles. The van der Waals surface area contributed by atoms with Crippen molar-refractivity contribution < 1.29 is 13.2 Å². The third-order valence-corrected chi connectivity index (χ3v) is 5.95. The minimum absolute atomic E-state index is 0.231. The zero-order chi connectivity index (χ0) is 19.2. The first-order valence-electron chi connectivity index (χ1n) is 8.32. The van der Waals surface area contributed by atoms with Crippen molar-refractivity contribution in [2.75, 3.05) is 23.7 Å².